The Hall–Kier alpha value is -1.07. The molecule has 0 saturated carbocycles. The van der Waals surface area contributed by atoms with E-state index >= 15 is 0 Å². The predicted molar refractivity (Wildman–Crippen MR) is 50.3 cm³/mol. The molecule has 0 aromatic heterocycles. The molecule has 0 saturated heterocycles. The number of hydroxylamine groups is 1. The molecule has 5 heteroatoms. The Morgan fingerprint density at radius 2 is 2.33 bits per heavy atom. The number of halogens is 1. The maximum Gasteiger partial charge on any atom is 0.218 e. The van der Waals surface area contributed by atoms with Gasteiger partial charge in [-0.05, 0) is 18.2 Å². The summed E-state index contributed by atoms with van der Waals surface area (Å²) in [7, 11) is 0. The Kier molecular flexibility index (Phi) is 3.07. The highest BCUT2D eigenvalue weighted by atomic mass is 79.9. The van der Waals surface area contributed by atoms with Gasteiger partial charge in [-0.2, -0.15) is 0 Å². The lowest BCUT2D eigenvalue weighted by Crippen LogP contribution is -2.27. The summed E-state index contributed by atoms with van der Waals surface area (Å²) >= 11 is 3.28. The Balaban J connectivity index is 2.89. The van der Waals surface area contributed by atoms with Gasteiger partial charge in [-0.25, -0.2) is 10.5 Å². The molecule has 1 rings (SSSR count). The number of rotatable bonds is 1. The minimum absolute atomic E-state index is 0.0342. The lowest BCUT2D eigenvalue weighted by Gasteiger charge is -1.97. The average molecular weight is 230 g/mol. The van der Waals surface area contributed by atoms with E-state index in [0.717, 1.165) is 4.47 Å². The van der Waals surface area contributed by atoms with Gasteiger partial charge in [0.15, 0.2) is 0 Å². The van der Waals surface area contributed by atoms with Crippen LogP contribution in [0.15, 0.2) is 33.7 Å². The van der Waals surface area contributed by atoms with Crippen LogP contribution in [-0.2, 0) is 0 Å². The summed E-state index contributed by atoms with van der Waals surface area (Å²) in [4.78, 5) is 3.84. The van der Waals surface area contributed by atoms with Crippen molar-refractivity contribution in [2.45, 2.75) is 0 Å². The van der Waals surface area contributed by atoms with Crippen molar-refractivity contribution in [1.82, 2.24) is 5.48 Å². The fourth-order valence-corrected chi connectivity index (χ4v) is 1.10. The zero-order valence-corrected chi connectivity index (χ0v) is 7.75. The van der Waals surface area contributed by atoms with Crippen molar-refractivity contribution < 1.29 is 5.21 Å². The Bertz CT molecular complexity index is 300. The lowest BCUT2D eigenvalue weighted by atomic mass is 10.3. The summed E-state index contributed by atoms with van der Waals surface area (Å²) in [5, 5.41) is 8.35. The van der Waals surface area contributed by atoms with E-state index in [1.807, 2.05) is 12.1 Å². The third-order valence-electron chi connectivity index (χ3n) is 1.17. The first-order valence-electron chi connectivity index (χ1n) is 3.22. The molecule has 0 spiro atoms. The number of nitrogens with zero attached hydrogens (tertiary/aromatic N) is 1. The normalized spacial score (nSPS) is 11.3. The third-order valence-corrected chi connectivity index (χ3v) is 1.67. The van der Waals surface area contributed by atoms with Gasteiger partial charge in [0.2, 0.25) is 5.96 Å². The maximum atomic E-state index is 8.35. The number of hydrogen-bond donors (Lipinski definition) is 3. The highest BCUT2D eigenvalue weighted by Crippen LogP contribution is 2.17. The molecule has 4 nitrogen and oxygen atoms in total. The average Bonchev–Trinajstić information content (AvgIpc) is 2.04. The zero-order chi connectivity index (χ0) is 8.97. The number of aliphatic imine (C=N–C) groups is 1. The summed E-state index contributed by atoms with van der Waals surface area (Å²) in [5.74, 6) is -0.0342. The van der Waals surface area contributed by atoms with E-state index in [1.54, 1.807) is 17.6 Å². The second-order valence-corrected chi connectivity index (χ2v) is 3.00. The number of benzene rings is 1. The quantitative estimate of drug-likeness (QED) is 0.387. The van der Waals surface area contributed by atoms with E-state index in [0.29, 0.717) is 5.69 Å². The topological polar surface area (TPSA) is 70.6 Å². The fourth-order valence-electron chi connectivity index (χ4n) is 0.710. The van der Waals surface area contributed by atoms with Gasteiger partial charge in [0.25, 0.3) is 0 Å². The van der Waals surface area contributed by atoms with Gasteiger partial charge in [0.05, 0.1) is 5.69 Å². The zero-order valence-electron chi connectivity index (χ0n) is 6.16. The Morgan fingerprint density at radius 1 is 1.58 bits per heavy atom. The highest BCUT2D eigenvalue weighted by molar-refractivity contribution is 9.10. The number of guanidine groups is 1. The molecule has 4 N–H and O–H groups in total. The first-order chi connectivity index (χ1) is 5.72. The van der Waals surface area contributed by atoms with Crippen molar-refractivity contribution in [3.8, 4) is 0 Å². The van der Waals surface area contributed by atoms with Gasteiger partial charge in [0.1, 0.15) is 0 Å². The summed E-state index contributed by atoms with van der Waals surface area (Å²) < 4.78 is 0.912. The van der Waals surface area contributed by atoms with Crippen LogP contribution < -0.4 is 11.2 Å². The van der Waals surface area contributed by atoms with Gasteiger partial charge >= 0.3 is 0 Å². The molecule has 0 aliphatic carbocycles. The molecule has 1 aromatic rings. The third kappa shape index (κ3) is 2.52. The molecule has 0 aliphatic rings. The van der Waals surface area contributed by atoms with Crippen LogP contribution in [0.2, 0.25) is 0 Å². The van der Waals surface area contributed by atoms with Crippen molar-refractivity contribution >= 4 is 27.6 Å². The van der Waals surface area contributed by atoms with E-state index in [2.05, 4.69) is 20.9 Å². The summed E-state index contributed by atoms with van der Waals surface area (Å²) in [6.45, 7) is 0. The SMILES string of the molecule is NC(=Nc1cccc(Br)c1)NO. The number of hydrogen-bond acceptors (Lipinski definition) is 2. The molecule has 0 radical (unpaired) electrons. The first kappa shape index (κ1) is 9.02. The van der Waals surface area contributed by atoms with Crippen molar-refractivity contribution in [3.63, 3.8) is 0 Å². The lowest BCUT2D eigenvalue weighted by molar-refractivity contribution is 0.233. The van der Waals surface area contributed by atoms with Crippen LogP contribution in [0.3, 0.4) is 0 Å². The van der Waals surface area contributed by atoms with Crippen LogP contribution in [0, 0.1) is 0 Å². The molecule has 0 amide bonds. The predicted octanol–water partition coefficient (Wildman–Crippen LogP) is 1.37. The second-order valence-electron chi connectivity index (χ2n) is 2.09. The number of nitrogens with one attached hydrogen (secondary N) is 1. The Labute approximate surface area is 78.2 Å². The van der Waals surface area contributed by atoms with Crippen LogP contribution in [0.5, 0.6) is 0 Å². The minimum atomic E-state index is -0.0342. The van der Waals surface area contributed by atoms with Gasteiger partial charge in [0, 0.05) is 4.47 Å². The monoisotopic (exact) mass is 229 g/mol. The molecule has 0 bridgehead atoms. The molecular formula is C7H8BrN3O. The largest absolute Gasteiger partial charge is 0.368 e. The second kappa shape index (κ2) is 4.08. The molecule has 64 valence electrons. The molecule has 0 atom stereocenters. The van der Waals surface area contributed by atoms with E-state index in [-0.39, 0.29) is 5.96 Å². The van der Waals surface area contributed by atoms with E-state index in [4.69, 9.17) is 10.9 Å². The number of nitrogens with two attached hydrogens (primary N) is 1. The van der Waals surface area contributed by atoms with E-state index in [9.17, 15) is 0 Å². The van der Waals surface area contributed by atoms with Crippen LogP contribution in [0.25, 0.3) is 0 Å². The summed E-state index contributed by atoms with van der Waals surface area (Å²) in [6, 6.07) is 7.26. The van der Waals surface area contributed by atoms with Crippen molar-refractivity contribution in [3.05, 3.63) is 28.7 Å². The molecule has 0 unspecified atom stereocenters. The van der Waals surface area contributed by atoms with Crippen molar-refractivity contribution in [2.24, 2.45) is 10.7 Å². The fraction of sp³-hybridized carbons (Fsp3) is 0. The van der Waals surface area contributed by atoms with Crippen molar-refractivity contribution in [1.29, 1.82) is 0 Å². The molecule has 12 heavy (non-hydrogen) atoms. The molecular weight excluding hydrogens is 222 g/mol. The van der Waals surface area contributed by atoms with Gasteiger partial charge < -0.3 is 5.73 Å². The van der Waals surface area contributed by atoms with E-state index in [1.165, 1.54) is 0 Å². The van der Waals surface area contributed by atoms with E-state index < -0.39 is 0 Å². The Morgan fingerprint density at radius 3 is 2.92 bits per heavy atom. The smallest absolute Gasteiger partial charge is 0.218 e. The van der Waals surface area contributed by atoms with Gasteiger partial charge in [-0.3, -0.25) is 5.21 Å². The van der Waals surface area contributed by atoms with Crippen LogP contribution in [-0.4, -0.2) is 11.2 Å². The first-order valence-corrected chi connectivity index (χ1v) is 4.01. The molecule has 0 fully saturated rings. The molecule has 0 heterocycles. The maximum absolute atomic E-state index is 8.35. The van der Waals surface area contributed by atoms with Crippen molar-refractivity contribution in [2.75, 3.05) is 0 Å². The van der Waals surface area contributed by atoms with Gasteiger partial charge in [-0.1, -0.05) is 22.0 Å². The standard InChI is InChI=1S/C7H8BrN3O/c8-5-2-1-3-6(4-5)10-7(9)11-12/h1-4,12H,(H3,9,10,11). The highest BCUT2D eigenvalue weighted by Gasteiger charge is 1.91. The minimum Gasteiger partial charge on any atom is -0.368 e. The molecule has 0 aliphatic heterocycles. The van der Waals surface area contributed by atoms with Crippen LogP contribution in [0.4, 0.5) is 5.69 Å². The van der Waals surface area contributed by atoms with Gasteiger partial charge in [-0.15, -0.1) is 0 Å². The summed E-state index contributed by atoms with van der Waals surface area (Å²) in [5.41, 5.74) is 7.64. The van der Waals surface area contributed by atoms with Crippen LogP contribution in [0.1, 0.15) is 0 Å². The summed E-state index contributed by atoms with van der Waals surface area (Å²) in [6.07, 6.45) is 0. The molecule has 1 aromatic carbocycles. The van der Waals surface area contributed by atoms with Crippen LogP contribution >= 0.6 is 15.9 Å².